The molecule has 3 aromatic carbocycles. The van der Waals surface area contributed by atoms with Gasteiger partial charge in [-0.3, -0.25) is 14.4 Å². The number of amides is 3. The SMILES string of the molecule is Cc1ccccc1S(=O)(=O)NC(=O)c1cccc(C(=O)N[C@@H](C(=O)N2CC[C@H](c3ccc(Cl)cc3)C(C)(C)C2)C(C)C)c1. The van der Waals surface area contributed by atoms with Crippen molar-refractivity contribution in [2.24, 2.45) is 11.3 Å². The highest BCUT2D eigenvalue weighted by Crippen LogP contribution is 2.42. The van der Waals surface area contributed by atoms with Crippen molar-refractivity contribution >= 4 is 39.3 Å². The van der Waals surface area contributed by atoms with E-state index in [1.165, 1.54) is 35.9 Å². The Bertz CT molecular complexity index is 1620. The smallest absolute Gasteiger partial charge is 0.265 e. The summed E-state index contributed by atoms with van der Waals surface area (Å²) in [4.78, 5) is 41.8. The average Bonchev–Trinajstić information content (AvgIpc) is 2.95. The highest BCUT2D eigenvalue weighted by molar-refractivity contribution is 7.90. The van der Waals surface area contributed by atoms with E-state index in [9.17, 15) is 22.8 Å². The van der Waals surface area contributed by atoms with E-state index < -0.39 is 27.9 Å². The summed E-state index contributed by atoms with van der Waals surface area (Å²) in [5.74, 6) is -1.49. The van der Waals surface area contributed by atoms with Crippen LogP contribution in [0.2, 0.25) is 5.02 Å². The number of benzene rings is 3. The molecule has 0 bridgehead atoms. The van der Waals surface area contributed by atoms with Crippen LogP contribution in [0, 0.1) is 18.3 Å². The van der Waals surface area contributed by atoms with E-state index in [2.05, 4.69) is 23.9 Å². The summed E-state index contributed by atoms with van der Waals surface area (Å²) >= 11 is 6.08. The maximum Gasteiger partial charge on any atom is 0.265 e. The zero-order valence-electron chi connectivity index (χ0n) is 25.1. The number of halogens is 1. The third-order valence-corrected chi connectivity index (χ3v) is 9.77. The van der Waals surface area contributed by atoms with E-state index in [1.54, 1.807) is 25.1 Å². The van der Waals surface area contributed by atoms with Crippen LogP contribution in [0.25, 0.3) is 0 Å². The fraction of sp³-hybridized carbons (Fsp3) is 0.364. The van der Waals surface area contributed by atoms with Crippen LogP contribution < -0.4 is 10.0 Å². The van der Waals surface area contributed by atoms with Crippen LogP contribution in [-0.4, -0.2) is 50.2 Å². The maximum absolute atomic E-state index is 13.7. The van der Waals surface area contributed by atoms with Gasteiger partial charge >= 0.3 is 0 Å². The summed E-state index contributed by atoms with van der Waals surface area (Å²) in [6, 6.07) is 19.2. The summed E-state index contributed by atoms with van der Waals surface area (Å²) in [5, 5.41) is 3.54. The second-order valence-corrected chi connectivity index (χ2v) is 14.2. The molecular weight excluding hydrogens is 586 g/mol. The van der Waals surface area contributed by atoms with Gasteiger partial charge in [-0.1, -0.05) is 75.7 Å². The van der Waals surface area contributed by atoms with Crippen LogP contribution in [0.1, 0.15) is 71.9 Å². The molecule has 3 aromatic rings. The van der Waals surface area contributed by atoms with Gasteiger partial charge in [0.2, 0.25) is 5.91 Å². The number of aryl methyl sites for hydroxylation is 1. The number of hydrogen-bond donors (Lipinski definition) is 2. The number of nitrogens with zero attached hydrogens (tertiary/aromatic N) is 1. The van der Waals surface area contributed by atoms with Crippen LogP contribution >= 0.6 is 11.6 Å². The topological polar surface area (TPSA) is 113 Å². The van der Waals surface area contributed by atoms with Crippen molar-refractivity contribution in [2.75, 3.05) is 13.1 Å². The van der Waals surface area contributed by atoms with E-state index in [0.29, 0.717) is 23.7 Å². The summed E-state index contributed by atoms with van der Waals surface area (Å²) in [6.07, 6.45) is 0.779. The first kappa shape index (κ1) is 32.2. The van der Waals surface area contributed by atoms with Crippen LogP contribution in [0.3, 0.4) is 0 Å². The van der Waals surface area contributed by atoms with Gasteiger partial charge in [0.1, 0.15) is 6.04 Å². The van der Waals surface area contributed by atoms with Crippen LogP contribution in [0.5, 0.6) is 0 Å². The van der Waals surface area contributed by atoms with Gasteiger partial charge in [-0.25, -0.2) is 13.1 Å². The van der Waals surface area contributed by atoms with Gasteiger partial charge < -0.3 is 10.2 Å². The molecule has 0 aliphatic carbocycles. The molecule has 0 radical (unpaired) electrons. The van der Waals surface area contributed by atoms with E-state index in [0.717, 1.165) is 6.42 Å². The molecule has 0 spiro atoms. The zero-order valence-corrected chi connectivity index (χ0v) is 26.6. The molecule has 1 saturated heterocycles. The quantitative estimate of drug-likeness (QED) is 0.341. The fourth-order valence-electron chi connectivity index (χ4n) is 5.69. The first-order valence-electron chi connectivity index (χ1n) is 14.3. The first-order chi connectivity index (χ1) is 20.2. The summed E-state index contributed by atoms with van der Waals surface area (Å²) in [5.41, 5.74) is 1.63. The number of nitrogens with one attached hydrogen (secondary N) is 2. The van der Waals surface area contributed by atoms with Gasteiger partial charge in [0.25, 0.3) is 21.8 Å². The molecule has 2 atom stereocenters. The molecule has 2 N–H and O–H groups in total. The Morgan fingerprint density at radius 1 is 0.930 bits per heavy atom. The van der Waals surface area contributed by atoms with E-state index in [-0.39, 0.29) is 39.2 Å². The van der Waals surface area contributed by atoms with Crippen molar-refractivity contribution in [3.05, 3.63) is 100 Å². The van der Waals surface area contributed by atoms with Crippen LogP contribution in [0.15, 0.2) is 77.7 Å². The molecule has 0 saturated carbocycles. The number of sulfonamides is 1. The lowest BCUT2D eigenvalue weighted by Crippen LogP contribution is -2.55. The largest absolute Gasteiger partial charge is 0.340 e. The standard InChI is InChI=1S/C33H38ClN3O5S/c1-21(2)29(32(40)37-18-17-27(33(4,5)20-37)23-13-15-26(34)16-14-23)35-30(38)24-10-8-11-25(19-24)31(39)36-43(41,42)28-12-7-6-9-22(28)3/h6-16,19,21,27,29H,17-18,20H2,1-5H3,(H,35,38)(H,36,39)/t27-,29-/m1/s1. The lowest BCUT2D eigenvalue weighted by Gasteiger charge is -2.45. The molecule has 3 amide bonds. The fourth-order valence-corrected chi connectivity index (χ4v) is 7.04. The Balaban J connectivity index is 1.45. The highest BCUT2D eigenvalue weighted by Gasteiger charge is 2.40. The number of carbonyl (C=O) groups is 3. The highest BCUT2D eigenvalue weighted by atomic mass is 35.5. The van der Waals surface area contributed by atoms with Gasteiger partial charge in [0, 0.05) is 29.2 Å². The van der Waals surface area contributed by atoms with Gasteiger partial charge in [-0.2, -0.15) is 0 Å². The van der Waals surface area contributed by atoms with Crippen molar-refractivity contribution in [3.63, 3.8) is 0 Å². The molecule has 1 heterocycles. The lowest BCUT2D eigenvalue weighted by molar-refractivity contribution is -0.137. The predicted octanol–water partition coefficient (Wildman–Crippen LogP) is 5.56. The predicted molar refractivity (Wildman–Crippen MR) is 168 cm³/mol. The Hall–Kier alpha value is -3.69. The molecule has 1 aliphatic rings. The number of piperidine rings is 1. The first-order valence-corrected chi connectivity index (χ1v) is 16.1. The average molecular weight is 624 g/mol. The zero-order chi connectivity index (χ0) is 31.5. The Labute approximate surface area is 258 Å². The lowest BCUT2D eigenvalue weighted by atomic mass is 9.70. The van der Waals surface area contributed by atoms with Gasteiger partial charge in [0.05, 0.1) is 4.90 Å². The molecule has 1 fully saturated rings. The number of rotatable bonds is 8. The maximum atomic E-state index is 13.7. The summed E-state index contributed by atoms with van der Waals surface area (Å²) in [6.45, 7) is 10.8. The Morgan fingerprint density at radius 3 is 2.16 bits per heavy atom. The minimum atomic E-state index is -4.11. The van der Waals surface area contributed by atoms with Crippen molar-refractivity contribution in [1.82, 2.24) is 14.9 Å². The summed E-state index contributed by atoms with van der Waals surface area (Å²) in [7, 11) is -4.11. The molecule has 1 aliphatic heterocycles. The molecular formula is C33H38ClN3O5S. The molecule has 0 unspecified atom stereocenters. The van der Waals surface area contributed by atoms with Crippen molar-refractivity contribution < 1.29 is 22.8 Å². The molecule has 0 aromatic heterocycles. The third-order valence-electron chi connectivity index (χ3n) is 8.03. The van der Waals surface area contributed by atoms with E-state index >= 15 is 0 Å². The number of hydrogen-bond acceptors (Lipinski definition) is 5. The van der Waals surface area contributed by atoms with E-state index in [4.69, 9.17) is 11.6 Å². The Morgan fingerprint density at radius 2 is 1.56 bits per heavy atom. The van der Waals surface area contributed by atoms with Crippen LogP contribution in [0.4, 0.5) is 0 Å². The minimum Gasteiger partial charge on any atom is -0.340 e. The Kier molecular flexibility index (Phi) is 9.66. The monoisotopic (exact) mass is 623 g/mol. The normalized spacial score (nSPS) is 17.3. The summed E-state index contributed by atoms with van der Waals surface area (Å²) < 4.78 is 27.7. The molecule has 8 nitrogen and oxygen atoms in total. The molecule has 4 rings (SSSR count). The van der Waals surface area contributed by atoms with Crippen molar-refractivity contribution in [3.8, 4) is 0 Å². The number of likely N-dealkylation sites (tertiary alicyclic amines) is 1. The van der Waals surface area contributed by atoms with E-state index in [1.807, 2.05) is 43.0 Å². The van der Waals surface area contributed by atoms with Gasteiger partial charge in [-0.05, 0) is 78.1 Å². The van der Waals surface area contributed by atoms with Crippen molar-refractivity contribution in [2.45, 2.75) is 57.9 Å². The molecule has 228 valence electrons. The van der Waals surface area contributed by atoms with Crippen molar-refractivity contribution in [1.29, 1.82) is 0 Å². The van der Waals surface area contributed by atoms with Crippen LogP contribution in [-0.2, 0) is 14.8 Å². The second kappa shape index (κ2) is 12.9. The van der Waals surface area contributed by atoms with Gasteiger partial charge in [0.15, 0.2) is 0 Å². The molecule has 10 heteroatoms. The van der Waals surface area contributed by atoms with Gasteiger partial charge in [-0.15, -0.1) is 0 Å². The number of carbonyl (C=O) groups excluding carboxylic acids is 3. The molecule has 43 heavy (non-hydrogen) atoms. The minimum absolute atomic E-state index is 0.00301. The second-order valence-electron chi connectivity index (χ2n) is 12.1. The third kappa shape index (κ3) is 7.46.